The number of rotatable bonds is 5. The zero-order chi connectivity index (χ0) is 22.2. The number of para-hydroxylation sites is 1. The Balaban J connectivity index is 1.66. The number of fused-ring (bicyclic) bond motifs is 3. The van der Waals surface area contributed by atoms with E-state index in [2.05, 4.69) is 5.32 Å². The first kappa shape index (κ1) is 20.4. The van der Waals surface area contributed by atoms with Crippen molar-refractivity contribution in [3.63, 3.8) is 0 Å². The maximum Gasteiger partial charge on any atom is 0.275 e. The van der Waals surface area contributed by atoms with Gasteiger partial charge in [0.2, 0.25) is 0 Å². The van der Waals surface area contributed by atoms with E-state index in [1.807, 2.05) is 67.1 Å². The van der Waals surface area contributed by atoms with E-state index in [4.69, 9.17) is 4.74 Å². The monoisotopic (exact) mass is 429 g/mol. The number of carbonyl (C=O) groups is 1. The van der Waals surface area contributed by atoms with E-state index in [0.717, 1.165) is 42.3 Å². The molecule has 164 valence electrons. The first-order valence-corrected chi connectivity index (χ1v) is 11.2. The van der Waals surface area contributed by atoms with Crippen LogP contribution in [0.4, 0.5) is 5.69 Å². The summed E-state index contributed by atoms with van der Waals surface area (Å²) in [7, 11) is 1.90. The number of benzene rings is 2. The van der Waals surface area contributed by atoms with Crippen LogP contribution in [0.15, 0.2) is 59.5 Å². The summed E-state index contributed by atoms with van der Waals surface area (Å²) in [6.45, 7) is 2.53. The molecule has 2 aromatic carbocycles. The van der Waals surface area contributed by atoms with Crippen molar-refractivity contribution in [2.75, 3.05) is 11.9 Å². The molecule has 6 nitrogen and oxygen atoms in total. The number of nitrogens with one attached hydrogen (secondary N) is 1. The highest BCUT2D eigenvalue weighted by Crippen LogP contribution is 2.33. The molecule has 0 aliphatic heterocycles. The van der Waals surface area contributed by atoms with E-state index in [1.165, 1.54) is 0 Å². The minimum absolute atomic E-state index is 0.0248. The number of amides is 1. The summed E-state index contributed by atoms with van der Waals surface area (Å²) in [5.41, 5.74) is 2.71. The van der Waals surface area contributed by atoms with Crippen molar-refractivity contribution in [1.82, 2.24) is 9.13 Å². The van der Waals surface area contributed by atoms with E-state index < -0.39 is 0 Å². The zero-order valence-corrected chi connectivity index (χ0v) is 18.4. The van der Waals surface area contributed by atoms with Crippen LogP contribution in [-0.4, -0.2) is 21.6 Å². The van der Waals surface area contributed by atoms with Gasteiger partial charge < -0.3 is 19.2 Å². The molecule has 6 heteroatoms. The van der Waals surface area contributed by atoms with Crippen molar-refractivity contribution in [2.45, 2.75) is 38.6 Å². The molecule has 0 bridgehead atoms. The highest BCUT2D eigenvalue weighted by atomic mass is 16.5. The quantitative estimate of drug-likeness (QED) is 0.471. The molecular formula is C26H27N3O3. The standard InChI is InChI=1S/C26H27N3O3/c1-3-32-19-14-12-17(13-15-19)27-25(30)21-16-29(18-8-4-5-9-18)26(31)24-23(21)20-10-6-7-11-22(20)28(24)2/h6-7,10-16,18H,3-5,8-9H2,1-2H3,(H,27,30). The van der Waals surface area contributed by atoms with Crippen molar-refractivity contribution in [3.8, 4) is 5.75 Å². The Morgan fingerprint density at radius 1 is 1.09 bits per heavy atom. The number of pyridine rings is 1. The highest BCUT2D eigenvalue weighted by molar-refractivity contribution is 6.20. The van der Waals surface area contributed by atoms with Crippen molar-refractivity contribution in [3.05, 3.63) is 70.6 Å². The summed E-state index contributed by atoms with van der Waals surface area (Å²) in [6.07, 6.45) is 5.93. The molecule has 1 fully saturated rings. The van der Waals surface area contributed by atoms with Gasteiger partial charge in [0.25, 0.3) is 11.5 Å². The lowest BCUT2D eigenvalue weighted by Crippen LogP contribution is -2.27. The third-order valence-electron chi connectivity index (χ3n) is 6.47. The Labute approximate surface area is 186 Å². The molecule has 0 unspecified atom stereocenters. The summed E-state index contributed by atoms with van der Waals surface area (Å²) >= 11 is 0. The Morgan fingerprint density at radius 2 is 1.81 bits per heavy atom. The molecule has 0 saturated heterocycles. The van der Waals surface area contributed by atoms with Crippen molar-refractivity contribution in [1.29, 1.82) is 0 Å². The number of nitrogens with zero attached hydrogens (tertiary/aromatic N) is 2. The first-order chi connectivity index (χ1) is 15.6. The van der Waals surface area contributed by atoms with Gasteiger partial charge >= 0.3 is 0 Å². The third-order valence-corrected chi connectivity index (χ3v) is 6.47. The molecule has 1 N–H and O–H groups in total. The molecule has 1 saturated carbocycles. The van der Waals surface area contributed by atoms with Gasteiger partial charge in [-0.25, -0.2) is 0 Å². The molecule has 1 amide bonds. The van der Waals surface area contributed by atoms with Crippen LogP contribution in [0.25, 0.3) is 21.8 Å². The lowest BCUT2D eigenvalue weighted by atomic mass is 10.1. The van der Waals surface area contributed by atoms with Gasteiger partial charge in [0.05, 0.1) is 12.2 Å². The van der Waals surface area contributed by atoms with Crippen LogP contribution in [0.5, 0.6) is 5.75 Å². The second kappa shape index (κ2) is 8.19. The zero-order valence-electron chi connectivity index (χ0n) is 18.4. The van der Waals surface area contributed by atoms with Gasteiger partial charge in [-0.05, 0) is 50.1 Å². The Morgan fingerprint density at radius 3 is 2.53 bits per heavy atom. The summed E-state index contributed by atoms with van der Waals surface area (Å²) in [4.78, 5) is 27.0. The average molecular weight is 430 g/mol. The predicted octanol–water partition coefficient (Wildman–Crippen LogP) is 5.26. The predicted molar refractivity (Wildman–Crippen MR) is 128 cm³/mol. The van der Waals surface area contributed by atoms with Crippen LogP contribution in [0.1, 0.15) is 49.0 Å². The molecule has 32 heavy (non-hydrogen) atoms. The fourth-order valence-electron chi connectivity index (χ4n) is 4.93. The van der Waals surface area contributed by atoms with E-state index in [0.29, 0.717) is 28.8 Å². The topological polar surface area (TPSA) is 65.3 Å². The van der Waals surface area contributed by atoms with Crippen molar-refractivity contribution in [2.24, 2.45) is 7.05 Å². The minimum Gasteiger partial charge on any atom is -0.494 e. The maximum atomic E-state index is 13.5. The third kappa shape index (κ3) is 3.36. The van der Waals surface area contributed by atoms with Crippen LogP contribution in [0.2, 0.25) is 0 Å². The second-order valence-electron chi connectivity index (χ2n) is 8.40. The van der Waals surface area contributed by atoms with Crippen molar-refractivity contribution < 1.29 is 9.53 Å². The molecule has 4 aromatic rings. The molecule has 0 spiro atoms. The summed E-state index contributed by atoms with van der Waals surface area (Å²) in [5.74, 6) is 0.541. The molecule has 1 aliphatic carbocycles. The van der Waals surface area contributed by atoms with E-state index in [-0.39, 0.29) is 17.5 Å². The molecule has 5 rings (SSSR count). The average Bonchev–Trinajstić information content (AvgIpc) is 3.43. The molecular weight excluding hydrogens is 402 g/mol. The fraction of sp³-hybridized carbons (Fsp3) is 0.308. The second-order valence-corrected chi connectivity index (χ2v) is 8.40. The smallest absolute Gasteiger partial charge is 0.275 e. The van der Waals surface area contributed by atoms with Crippen LogP contribution in [0.3, 0.4) is 0 Å². The highest BCUT2D eigenvalue weighted by Gasteiger charge is 2.25. The summed E-state index contributed by atoms with van der Waals surface area (Å²) < 4.78 is 9.21. The van der Waals surface area contributed by atoms with Crippen molar-refractivity contribution >= 4 is 33.4 Å². The van der Waals surface area contributed by atoms with E-state index in [1.54, 1.807) is 10.8 Å². The number of aryl methyl sites for hydroxylation is 1. The SMILES string of the molecule is CCOc1ccc(NC(=O)c2cn(C3CCCC3)c(=O)c3c2c2ccccc2n3C)cc1. The van der Waals surface area contributed by atoms with Gasteiger partial charge in [0.1, 0.15) is 11.3 Å². The Bertz CT molecular complexity index is 1360. The number of hydrogen-bond acceptors (Lipinski definition) is 3. The number of aromatic nitrogens is 2. The van der Waals surface area contributed by atoms with Crippen LogP contribution in [0, 0.1) is 0 Å². The van der Waals surface area contributed by atoms with Gasteiger partial charge in [-0.1, -0.05) is 31.0 Å². The maximum absolute atomic E-state index is 13.5. The number of ether oxygens (including phenoxy) is 1. The lowest BCUT2D eigenvalue weighted by molar-refractivity contribution is 0.102. The lowest BCUT2D eigenvalue weighted by Gasteiger charge is -2.17. The Hall–Kier alpha value is -3.54. The van der Waals surface area contributed by atoms with E-state index >= 15 is 0 Å². The molecule has 1 aliphatic rings. The van der Waals surface area contributed by atoms with Gasteiger partial charge in [0, 0.05) is 41.3 Å². The number of carbonyl (C=O) groups excluding carboxylic acids is 1. The van der Waals surface area contributed by atoms with Crippen LogP contribution >= 0.6 is 0 Å². The summed E-state index contributed by atoms with van der Waals surface area (Å²) in [5, 5.41) is 4.64. The largest absolute Gasteiger partial charge is 0.494 e. The molecule has 2 heterocycles. The first-order valence-electron chi connectivity index (χ1n) is 11.2. The fourth-order valence-corrected chi connectivity index (χ4v) is 4.93. The molecule has 2 aromatic heterocycles. The van der Waals surface area contributed by atoms with Gasteiger partial charge in [-0.15, -0.1) is 0 Å². The normalized spacial score (nSPS) is 14.3. The summed E-state index contributed by atoms with van der Waals surface area (Å²) in [6, 6.07) is 15.3. The minimum atomic E-state index is -0.220. The van der Waals surface area contributed by atoms with Gasteiger partial charge in [-0.2, -0.15) is 0 Å². The molecule has 0 atom stereocenters. The van der Waals surface area contributed by atoms with Crippen LogP contribution < -0.4 is 15.6 Å². The molecule has 0 radical (unpaired) electrons. The Kier molecular flexibility index (Phi) is 5.21. The van der Waals surface area contributed by atoms with E-state index in [9.17, 15) is 9.59 Å². The van der Waals surface area contributed by atoms with Gasteiger partial charge in [0.15, 0.2) is 0 Å². The number of hydrogen-bond donors (Lipinski definition) is 1. The van der Waals surface area contributed by atoms with Gasteiger partial charge in [-0.3, -0.25) is 9.59 Å². The van der Waals surface area contributed by atoms with Crippen LogP contribution in [-0.2, 0) is 7.05 Å². The number of anilines is 1.